The summed E-state index contributed by atoms with van der Waals surface area (Å²) in [5.41, 5.74) is 3.17. The van der Waals surface area contributed by atoms with Gasteiger partial charge in [-0.2, -0.15) is 5.10 Å². The molecular formula is C14H8BrCl2IN2O2. The van der Waals surface area contributed by atoms with Crippen molar-refractivity contribution in [1.82, 2.24) is 5.43 Å². The summed E-state index contributed by atoms with van der Waals surface area (Å²) < 4.78 is 1.47. The van der Waals surface area contributed by atoms with E-state index in [0.29, 0.717) is 19.7 Å². The number of carbonyl (C=O) groups excluding carboxylic acids is 1. The van der Waals surface area contributed by atoms with E-state index in [1.807, 2.05) is 22.6 Å². The van der Waals surface area contributed by atoms with Gasteiger partial charge in [-0.25, -0.2) is 5.43 Å². The van der Waals surface area contributed by atoms with Gasteiger partial charge in [0, 0.05) is 15.6 Å². The third-order valence-corrected chi connectivity index (χ3v) is 4.63. The van der Waals surface area contributed by atoms with Gasteiger partial charge in [-0.3, -0.25) is 4.79 Å². The second kappa shape index (κ2) is 7.63. The van der Waals surface area contributed by atoms with E-state index in [4.69, 9.17) is 23.2 Å². The van der Waals surface area contributed by atoms with Crippen LogP contribution in [0, 0.1) is 3.57 Å². The lowest BCUT2D eigenvalue weighted by atomic mass is 10.2. The van der Waals surface area contributed by atoms with Gasteiger partial charge in [-0.15, -0.1) is 0 Å². The fourth-order valence-electron chi connectivity index (χ4n) is 1.55. The van der Waals surface area contributed by atoms with Gasteiger partial charge in [-0.1, -0.05) is 39.1 Å². The molecule has 0 aliphatic rings. The van der Waals surface area contributed by atoms with Crippen LogP contribution in [0.25, 0.3) is 0 Å². The number of rotatable bonds is 3. The van der Waals surface area contributed by atoms with Gasteiger partial charge >= 0.3 is 0 Å². The van der Waals surface area contributed by atoms with E-state index in [9.17, 15) is 9.90 Å². The highest BCUT2D eigenvalue weighted by atomic mass is 127. The predicted molar refractivity (Wildman–Crippen MR) is 100 cm³/mol. The molecule has 0 saturated carbocycles. The second-order valence-electron chi connectivity index (χ2n) is 4.15. The van der Waals surface area contributed by atoms with Crippen LogP contribution >= 0.6 is 61.7 Å². The number of hydrogen-bond acceptors (Lipinski definition) is 3. The zero-order chi connectivity index (χ0) is 16.3. The van der Waals surface area contributed by atoms with Gasteiger partial charge in [0.05, 0.1) is 19.8 Å². The quantitative estimate of drug-likeness (QED) is 0.351. The Labute approximate surface area is 158 Å². The summed E-state index contributed by atoms with van der Waals surface area (Å²) in [6.07, 6.45) is 1.36. The normalized spacial score (nSPS) is 10.9. The Morgan fingerprint density at radius 1 is 1.27 bits per heavy atom. The van der Waals surface area contributed by atoms with Crippen LogP contribution in [0.3, 0.4) is 0 Å². The van der Waals surface area contributed by atoms with E-state index >= 15 is 0 Å². The molecule has 8 heteroatoms. The Morgan fingerprint density at radius 2 is 2.00 bits per heavy atom. The highest BCUT2D eigenvalue weighted by Gasteiger charge is 2.08. The minimum Gasteiger partial charge on any atom is -0.506 e. The van der Waals surface area contributed by atoms with Gasteiger partial charge in [0.1, 0.15) is 5.75 Å². The molecule has 2 rings (SSSR count). The van der Waals surface area contributed by atoms with Crippen LogP contribution in [-0.2, 0) is 0 Å². The number of halogens is 4. The molecule has 4 nitrogen and oxygen atoms in total. The van der Waals surface area contributed by atoms with Crippen molar-refractivity contribution in [3.8, 4) is 5.75 Å². The van der Waals surface area contributed by atoms with Crippen LogP contribution in [0.4, 0.5) is 0 Å². The zero-order valence-electron chi connectivity index (χ0n) is 10.8. The number of benzene rings is 2. The molecule has 0 saturated heterocycles. The van der Waals surface area contributed by atoms with Crippen molar-refractivity contribution in [1.29, 1.82) is 0 Å². The molecular weight excluding hydrogens is 506 g/mol. The molecule has 0 fully saturated rings. The van der Waals surface area contributed by atoms with E-state index in [-0.39, 0.29) is 10.8 Å². The number of amides is 1. The summed E-state index contributed by atoms with van der Waals surface area (Å²) in [6, 6.07) is 7.98. The summed E-state index contributed by atoms with van der Waals surface area (Å²) >= 11 is 17.0. The van der Waals surface area contributed by atoms with Crippen LogP contribution in [0.2, 0.25) is 10.0 Å². The molecule has 1 amide bonds. The van der Waals surface area contributed by atoms with Crippen LogP contribution in [0.15, 0.2) is 39.9 Å². The molecule has 0 aliphatic heterocycles. The Kier molecular flexibility index (Phi) is 6.08. The van der Waals surface area contributed by atoms with Crippen LogP contribution in [0.1, 0.15) is 15.9 Å². The molecule has 2 aromatic carbocycles. The molecule has 2 aromatic rings. The first-order valence-corrected chi connectivity index (χ1v) is 8.47. The lowest BCUT2D eigenvalue weighted by Crippen LogP contribution is -2.17. The summed E-state index contributed by atoms with van der Waals surface area (Å²) in [5, 5.41) is 14.4. The van der Waals surface area contributed by atoms with Crippen LogP contribution in [-0.4, -0.2) is 17.2 Å². The number of hydrazone groups is 1. The average molecular weight is 514 g/mol. The molecule has 22 heavy (non-hydrogen) atoms. The molecule has 0 aliphatic carbocycles. The number of aromatic hydroxyl groups is 1. The summed E-state index contributed by atoms with van der Waals surface area (Å²) in [5.74, 6) is -0.338. The Balaban J connectivity index is 2.12. The summed E-state index contributed by atoms with van der Waals surface area (Å²) in [4.78, 5) is 11.9. The molecule has 0 aromatic heterocycles. The first-order valence-electron chi connectivity index (χ1n) is 5.85. The topological polar surface area (TPSA) is 61.7 Å². The number of nitrogens with zero attached hydrogens (tertiary/aromatic N) is 1. The molecule has 0 radical (unpaired) electrons. The standard InChI is InChI=1S/C14H8BrCl2IN2O2/c15-9-3-8(13(21)12(18)5-9)6-19-20-14(22)7-1-2-10(16)11(17)4-7/h1-6,21H,(H,20,22)/b19-6-. The molecule has 0 atom stereocenters. The monoisotopic (exact) mass is 512 g/mol. The molecule has 114 valence electrons. The van der Waals surface area contributed by atoms with E-state index < -0.39 is 5.91 Å². The van der Waals surface area contributed by atoms with Gasteiger partial charge in [0.2, 0.25) is 0 Å². The molecule has 2 N–H and O–H groups in total. The van der Waals surface area contributed by atoms with Crippen molar-refractivity contribution in [2.75, 3.05) is 0 Å². The highest BCUT2D eigenvalue weighted by molar-refractivity contribution is 14.1. The molecule has 0 heterocycles. The maximum atomic E-state index is 11.9. The van der Waals surface area contributed by atoms with Gasteiger partial charge < -0.3 is 5.11 Å². The first-order chi connectivity index (χ1) is 10.4. The second-order valence-corrected chi connectivity index (χ2v) is 7.05. The summed E-state index contributed by atoms with van der Waals surface area (Å²) in [6.45, 7) is 0. The fourth-order valence-corrected chi connectivity index (χ4v) is 3.40. The highest BCUT2D eigenvalue weighted by Crippen LogP contribution is 2.27. The Bertz CT molecular complexity index is 769. The van der Waals surface area contributed by atoms with Crippen LogP contribution in [0.5, 0.6) is 5.75 Å². The summed E-state index contributed by atoms with van der Waals surface area (Å²) in [7, 11) is 0. The maximum absolute atomic E-state index is 11.9. The number of carbonyl (C=O) groups is 1. The van der Waals surface area contributed by atoms with Gasteiger partial charge in [0.15, 0.2) is 0 Å². The minimum absolute atomic E-state index is 0.0938. The Morgan fingerprint density at radius 3 is 2.68 bits per heavy atom. The lowest BCUT2D eigenvalue weighted by Gasteiger charge is -2.04. The SMILES string of the molecule is O=C(N/N=C\c1cc(Br)cc(I)c1O)c1ccc(Cl)c(Cl)c1. The van der Waals surface area contributed by atoms with E-state index in [0.717, 1.165) is 4.47 Å². The number of phenols is 1. The van der Waals surface area contributed by atoms with Crippen molar-refractivity contribution >= 4 is 73.8 Å². The van der Waals surface area contributed by atoms with E-state index in [1.54, 1.807) is 18.2 Å². The smallest absolute Gasteiger partial charge is 0.271 e. The third kappa shape index (κ3) is 4.34. The third-order valence-electron chi connectivity index (χ3n) is 2.61. The molecule has 0 spiro atoms. The lowest BCUT2D eigenvalue weighted by molar-refractivity contribution is 0.0955. The van der Waals surface area contributed by atoms with Crippen molar-refractivity contribution in [2.24, 2.45) is 5.10 Å². The largest absolute Gasteiger partial charge is 0.506 e. The maximum Gasteiger partial charge on any atom is 0.271 e. The van der Waals surface area contributed by atoms with Crippen molar-refractivity contribution in [3.63, 3.8) is 0 Å². The van der Waals surface area contributed by atoms with E-state index in [1.165, 1.54) is 18.3 Å². The fraction of sp³-hybridized carbons (Fsp3) is 0. The van der Waals surface area contributed by atoms with Crippen LogP contribution < -0.4 is 5.43 Å². The predicted octanol–water partition coefficient (Wildman–Crippen LogP) is 4.83. The average Bonchev–Trinajstić information content (AvgIpc) is 2.46. The number of nitrogens with one attached hydrogen (secondary N) is 1. The first kappa shape index (κ1) is 17.5. The van der Waals surface area contributed by atoms with Crippen molar-refractivity contribution < 1.29 is 9.90 Å². The minimum atomic E-state index is -0.431. The molecule has 0 bridgehead atoms. The number of phenolic OH excluding ortho intramolecular Hbond substituents is 1. The molecule has 0 unspecified atom stereocenters. The number of hydrogen-bond donors (Lipinski definition) is 2. The van der Waals surface area contributed by atoms with E-state index in [2.05, 4.69) is 26.5 Å². The zero-order valence-corrected chi connectivity index (χ0v) is 16.0. The van der Waals surface area contributed by atoms with Crippen molar-refractivity contribution in [3.05, 3.63) is 59.5 Å². The van der Waals surface area contributed by atoms with Crippen molar-refractivity contribution in [2.45, 2.75) is 0 Å². The Hall–Kier alpha value is -0.830. The van der Waals surface area contributed by atoms with Gasteiger partial charge in [-0.05, 0) is 52.9 Å². The van der Waals surface area contributed by atoms with Gasteiger partial charge in [0.25, 0.3) is 5.91 Å².